The van der Waals surface area contributed by atoms with Crippen LogP contribution < -0.4 is 9.64 Å². The van der Waals surface area contributed by atoms with E-state index in [1.165, 1.54) is 12.8 Å². The molecule has 3 aliphatic rings. The number of rotatable bonds is 5. The molecule has 3 saturated heterocycles. The van der Waals surface area contributed by atoms with Gasteiger partial charge in [0, 0.05) is 42.2 Å². The summed E-state index contributed by atoms with van der Waals surface area (Å²) in [6, 6.07) is 18.1. The topological polar surface area (TPSA) is 94.8 Å². The average Bonchev–Trinajstić information content (AvgIpc) is 3.63. The Balaban J connectivity index is 1.29. The number of hydrogen-bond donors (Lipinski definition) is 0. The number of carbonyl (C=O) groups excluding carboxylic acids is 1. The Morgan fingerprint density at radius 1 is 0.978 bits per heavy atom. The SMILES string of the molecule is CC(C)(C)OC(=O)N1CCN(c2ccc3c(OCC45CCCN4CCC5)nc(-c4cccc5cccc(Cl)c45)c(C#N)c3n2)CC1. The van der Waals surface area contributed by atoms with E-state index < -0.39 is 5.60 Å². The highest BCUT2D eigenvalue weighted by molar-refractivity contribution is 6.36. The molecular formula is C36H39ClN6O3. The van der Waals surface area contributed by atoms with E-state index in [2.05, 4.69) is 15.9 Å². The number of benzene rings is 2. The molecule has 7 rings (SSSR count). The Labute approximate surface area is 274 Å². The first-order valence-corrected chi connectivity index (χ1v) is 16.6. The summed E-state index contributed by atoms with van der Waals surface area (Å²) in [5.41, 5.74) is 1.69. The Kier molecular flexibility index (Phi) is 7.90. The van der Waals surface area contributed by atoms with Gasteiger partial charge >= 0.3 is 6.09 Å². The van der Waals surface area contributed by atoms with Gasteiger partial charge in [0.1, 0.15) is 29.7 Å². The Bertz CT molecular complexity index is 1840. The van der Waals surface area contributed by atoms with E-state index in [0.717, 1.165) is 48.1 Å². The van der Waals surface area contributed by atoms with Crippen molar-refractivity contribution in [2.45, 2.75) is 57.6 Å². The lowest BCUT2D eigenvalue weighted by Gasteiger charge is -2.36. The molecule has 0 radical (unpaired) electrons. The molecule has 0 bridgehead atoms. The van der Waals surface area contributed by atoms with Gasteiger partial charge in [-0.25, -0.2) is 14.8 Å². The van der Waals surface area contributed by atoms with Crippen molar-refractivity contribution < 1.29 is 14.3 Å². The van der Waals surface area contributed by atoms with Gasteiger partial charge in [-0.15, -0.1) is 0 Å². The second kappa shape index (κ2) is 11.9. The van der Waals surface area contributed by atoms with E-state index in [0.29, 0.717) is 65.8 Å². The third-order valence-electron chi connectivity index (χ3n) is 9.56. The van der Waals surface area contributed by atoms with E-state index in [1.807, 2.05) is 69.3 Å². The summed E-state index contributed by atoms with van der Waals surface area (Å²) in [6.07, 6.45) is 4.28. The fourth-order valence-corrected chi connectivity index (χ4v) is 7.61. The van der Waals surface area contributed by atoms with Crippen molar-refractivity contribution in [2.24, 2.45) is 0 Å². The number of nitrogens with zero attached hydrogens (tertiary/aromatic N) is 6. The number of anilines is 1. The summed E-state index contributed by atoms with van der Waals surface area (Å²) in [6.45, 7) is 10.6. The van der Waals surface area contributed by atoms with E-state index in [4.69, 9.17) is 31.0 Å². The highest BCUT2D eigenvalue weighted by atomic mass is 35.5. The van der Waals surface area contributed by atoms with Crippen molar-refractivity contribution in [3.63, 3.8) is 0 Å². The molecule has 238 valence electrons. The summed E-state index contributed by atoms with van der Waals surface area (Å²) in [7, 11) is 0. The molecule has 0 aliphatic carbocycles. The van der Waals surface area contributed by atoms with Crippen molar-refractivity contribution in [1.29, 1.82) is 5.26 Å². The van der Waals surface area contributed by atoms with Gasteiger partial charge in [0.15, 0.2) is 0 Å². The molecule has 0 saturated carbocycles. The minimum Gasteiger partial charge on any atom is -0.475 e. The maximum Gasteiger partial charge on any atom is 0.410 e. The number of hydrogen-bond acceptors (Lipinski definition) is 8. The number of aromatic nitrogens is 2. The Hall–Kier alpha value is -4.13. The lowest BCUT2D eigenvalue weighted by molar-refractivity contribution is 0.0240. The third kappa shape index (κ3) is 5.58. The van der Waals surface area contributed by atoms with E-state index in [9.17, 15) is 10.1 Å². The molecular weight excluding hydrogens is 600 g/mol. The Morgan fingerprint density at radius 2 is 1.70 bits per heavy atom. The van der Waals surface area contributed by atoms with Crippen molar-refractivity contribution >= 4 is 45.2 Å². The molecule has 2 aromatic heterocycles. The fraction of sp³-hybridized carbons (Fsp3) is 0.444. The van der Waals surface area contributed by atoms with Crippen molar-refractivity contribution in [1.82, 2.24) is 19.8 Å². The quantitative estimate of drug-likeness (QED) is 0.230. The number of fused-ring (bicyclic) bond motifs is 3. The van der Waals surface area contributed by atoms with Crippen LogP contribution in [-0.2, 0) is 4.74 Å². The third-order valence-corrected chi connectivity index (χ3v) is 9.88. The zero-order valence-corrected chi connectivity index (χ0v) is 27.4. The molecule has 3 aliphatic heterocycles. The lowest BCUT2D eigenvalue weighted by atomic mass is 9.95. The van der Waals surface area contributed by atoms with Crippen LogP contribution in [0.4, 0.5) is 10.6 Å². The number of halogens is 1. The van der Waals surface area contributed by atoms with Crippen LogP contribution in [0, 0.1) is 11.3 Å². The summed E-state index contributed by atoms with van der Waals surface area (Å²) in [5, 5.41) is 13.8. The van der Waals surface area contributed by atoms with E-state index in [-0.39, 0.29) is 11.6 Å². The summed E-state index contributed by atoms with van der Waals surface area (Å²) in [5.74, 6) is 1.22. The van der Waals surface area contributed by atoms with E-state index in [1.54, 1.807) is 4.90 Å². The number of pyridine rings is 2. The van der Waals surface area contributed by atoms with Gasteiger partial charge in [0.2, 0.25) is 5.88 Å². The Morgan fingerprint density at radius 3 is 2.39 bits per heavy atom. The highest BCUT2D eigenvalue weighted by Crippen LogP contribution is 2.42. The number of piperazine rings is 1. The van der Waals surface area contributed by atoms with Crippen molar-refractivity contribution in [2.75, 3.05) is 50.8 Å². The van der Waals surface area contributed by atoms with Gasteiger partial charge in [0.25, 0.3) is 0 Å². The molecule has 10 heteroatoms. The van der Waals surface area contributed by atoms with Crippen molar-refractivity contribution in [3.05, 3.63) is 59.1 Å². The number of amides is 1. The van der Waals surface area contributed by atoms with Crippen LogP contribution in [0.1, 0.15) is 52.0 Å². The van der Waals surface area contributed by atoms with Crippen LogP contribution in [0.3, 0.4) is 0 Å². The predicted molar refractivity (Wildman–Crippen MR) is 180 cm³/mol. The molecule has 5 heterocycles. The molecule has 2 aromatic carbocycles. The average molecular weight is 639 g/mol. The first-order chi connectivity index (χ1) is 22.2. The minimum absolute atomic E-state index is 0.0337. The molecule has 0 atom stereocenters. The van der Waals surface area contributed by atoms with Gasteiger partial charge in [-0.2, -0.15) is 5.26 Å². The van der Waals surface area contributed by atoms with Gasteiger partial charge in [-0.1, -0.05) is 41.9 Å². The van der Waals surface area contributed by atoms with Gasteiger partial charge in [0.05, 0.1) is 22.1 Å². The zero-order chi connectivity index (χ0) is 32.1. The number of ether oxygens (including phenoxy) is 2. The van der Waals surface area contributed by atoms with E-state index >= 15 is 0 Å². The van der Waals surface area contributed by atoms with Gasteiger partial charge in [-0.3, -0.25) is 4.90 Å². The van der Waals surface area contributed by atoms with Crippen LogP contribution >= 0.6 is 11.6 Å². The fourth-order valence-electron chi connectivity index (χ4n) is 7.33. The number of carbonyl (C=O) groups is 1. The van der Waals surface area contributed by atoms with Crippen LogP contribution in [0.5, 0.6) is 5.88 Å². The summed E-state index contributed by atoms with van der Waals surface area (Å²) >= 11 is 6.76. The summed E-state index contributed by atoms with van der Waals surface area (Å²) in [4.78, 5) is 29.3. The maximum atomic E-state index is 12.7. The lowest BCUT2D eigenvalue weighted by Crippen LogP contribution is -2.50. The normalized spacial score (nSPS) is 18.2. The molecule has 4 aromatic rings. The molecule has 0 spiro atoms. The van der Waals surface area contributed by atoms with Gasteiger partial charge < -0.3 is 19.3 Å². The highest BCUT2D eigenvalue weighted by Gasteiger charge is 2.45. The summed E-state index contributed by atoms with van der Waals surface area (Å²) < 4.78 is 12.3. The predicted octanol–water partition coefficient (Wildman–Crippen LogP) is 7.04. The first kappa shape index (κ1) is 30.5. The molecule has 0 unspecified atom stereocenters. The molecule has 0 N–H and O–H groups in total. The second-order valence-corrected chi connectivity index (χ2v) is 14.0. The standard InChI is InChI=1S/C36H39ClN6O3/c1-35(2,3)46-34(44)42-20-18-41(19-21-42)29-13-12-26-32(39-29)27(22-38)31(25-10-4-8-24-9-5-11-28(37)30(24)25)40-33(26)45-23-36-14-6-16-43(36)17-7-15-36/h4-5,8-13H,6-7,14-21,23H2,1-3H3. The van der Waals surface area contributed by atoms with Crippen LogP contribution in [0.25, 0.3) is 32.9 Å². The molecule has 46 heavy (non-hydrogen) atoms. The van der Waals surface area contributed by atoms with Crippen LogP contribution in [0.15, 0.2) is 48.5 Å². The zero-order valence-electron chi connectivity index (χ0n) is 26.7. The largest absolute Gasteiger partial charge is 0.475 e. The maximum absolute atomic E-state index is 12.7. The smallest absolute Gasteiger partial charge is 0.410 e. The van der Waals surface area contributed by atoms with Crippen molar-refractivity contribution in [3.8, 4) is 23.2 Å². The van der Waals surface area contributed by atoms with Gasteiger partial charge in [-0.05, 0) is 83.1 Å². The second-order valence-electron chi connectivity index (χ2n) is 13.6. The molecule has 3 fully saturated rings. The first-order valence-electron chi connectivity index (χ1n) is 16.2. The molecule has 9 nitrogen and oxygen atoms in total. The number of nitriles is 1. The molecule has 1 amide bonds. The monoisotopic (exact) mass is 638 g/mol. The van der Waals surface area contributed by atoms with Crippen LogP contribution in [-0.4, -0.2) is 82.9 Å². The van der Waals surface area contributed by atoms with Crippen LogP contribution in [0.2, 0.25) is 5.02 Å². The minimum atomic E-state index is -0.547.